The van der Waals surface area contributed by atoms with Crippen LogP contribution in [-0.2, 0) is 4.74 Å². The summed E-state index contributed by atoms with van der Waals surface area (Å²) < 4.78 is 11.2. The third-order valence-electron chi connectivity index (χ3n) is 4.79. The van der Waals surface area contributed by atoms with Crippen molar-refractivity contribution < 1.29 is 9.15 Å². The van der Waals surface area contributed by atoms with Gasteiger partial charge in [0.15, 0.2) is 5.96 Å². The molecule has 0 aliphatic carbocycles. The highest BCUT2D eigenvalue weighted by molar-refractivity contribution is 14.0. The predicted octanol–water partition coefficient (Wildman–Crippen LogP) is 3.21. The van der Waals surface area contributed by atoms with Crippen molar-refractivity contribution in [1.29, 1.82) is 0 Å². The highest BCUT2D eigenvalue weighted by atomic mass is 127. The first-order valence-electron chi connectivity index (χ1n) is 9.54. The normalized spacial score (nSPS) is 18.7. The van der Waals surface area contributed by atoms with Crippen LogP contribution >= 0.6 is 24.0 Å². The molecule has 150 valence electrons. The van der Waals surface area contributed by atoms with E-state index in [2.05, 4.69) is 42.9 Å². The summed E-state index contributed by atoms with van der Waals surface area (Å²) in [5.41, 5.74) is 0. The average Bonchev–Trinajstić information content (AvgIpc) is 3.31. The molecule has 0 saturated carbocycles. The van der Waals surface area contributed by atoms with E-state index in [0.29, 0.717) is 12.5 Å². The Morgan fingerprint density at radius 2 is 2.12 bits per heavy atom. The number of rotatable bonds is 9. The molecule has 1 saturated heterocycles. The number of furan rings is 1. The summed E-state index contributed by atoms with van der Waals surface area (Å²) in [6, 6.07) is 4.17. The summed E-state index contributed by atoms with van der Waals surface area (Å²) in [6.45, 7) is 12.7. The van der Waals surface area contributed by atoms with Gasteiger partial charge in [-0.2, -0.15) is 0 Å². The molecule has 6 nitrogen and oxygen atoms in total. The van der Waals surface area contributed by atoms with Gasteiger partial charge in [0.05, 0.1) is 25.5 Å². The van der Waals surface area contributed by atoms with Gasteiger partial charge in [-0.05, 0) is 38.6 Å². The Hall–Kier alpha value is -0.800. The van der Waals surface area contributed by atoms with Crippen LogP contribution in [0.15, 0.2) is 27.8 Å². The van der Waals surface area contributed by atoms with Crippen molar-refractivity contribution in [3.63, 3.8) is 0 Å². The molecule has 1 aliphatic heterocycles. The lowest BCUT2D eigenvalue weighted by molar-refractivity contribution is 0.181. The van der Waals surface area contributed by atoms with E-state index in [-0.39, 0.29) is 30.0 Å². The third kappa shape index (κ3) is 6.74. The molecule has 2 unspecified atom stereocenters. The second kappa shape index (κ2) is 12.6. The van der Waals surface area contributed by atoms with Crippen molar-refractivity contribution >= 4 is 29.9 Å². The molecule has 1 fully saturated rings. The second-order valence-electron chi connectivity index (χ2n) is 6.56. The molecular formula is C19H35IN4O2. The molecule has 1 aromatic rings. The van der Waals surface area contributed by atoms with Crippen molar-refractivity contribution in [2.75, 3.05) is 53.0 Å². The molecule has 2 rings (SSSR count). The molecule has 26 heavy (non-hydrogen) atoms. The Labute approximate surface area is 175 Å². The summed E-state index contributed by atoms with van der Waals surface area (Å²) in [7, 11) is 2.11. The van der Waals surface area contributed by atoms with E-state index in [1.165, 1.54) is 0 Å². The fourth-order valence-electron chi connectivity index (χ4n) is 3.37. The standard InChI is InChI=1S/C19H34N4O2.HI/c1-5-20-19(22(4)14-16-10-12-24-15-16)21-13-17(23(6-2)7-3)18-9-8-11-25-18;/h8-9,11,16-17H,5-7,10,12-15H2,1-4H3,(H,20,21);1H. The molecule has 1 N–H and O–H groups in total. The Bertz CT molecular complexity index is 500. The number of nitrogens with one attached hydrogen (secondary N) is 1. The van der Waals surface area contributed by atoms with Gasteiger partial charge >= 0.3 is 0 Å². The van der Waals surface area contributed by atoms with E-state index < -0.39 is 0 Å². The maximum absolute atomic E-state index is 5.68. The van der Waals surface area contributed by atoms with Crippen LogP contribution in [0.2, 0.25) is 0 Å². The first-order valence-corrected chi connectivity index (χ1v) is 9.54. The summed E-state index contributed by atoms with van der Waals surface area (Å²) in [4.78, 5) is 9.53. The van der Waals surface area contributed by atoms with Gasteiger partial charge in [0, 0.05) is 32.7 Å². The molecule has 0 spiro atoms. The van der Waals surface area contributed by atoms with Crippen molar-refractivity contribution in [2.24, 2.45) is 10.9 Å². The number of hydrogen-bond acceptors (Lipinski definition) is 4. The van der Waals surface area contributed by atoms with Crippen LogP contribution in [0.3, 0.4) is 0 Å². The Morgan fingerprint density at radius 3 is 2.65 bits per heavy atom. The van der Waals surface area contributed by atoms with Crippen molar-refractivity contribution in [1.82, 2.24) is 15.1 Å². The zero-order chi connectivity index (χ0) is 18.1. The number of aliphatic imine (C=N–C) groups is 1. The number of hydrogen-bond donors (Lipinski definition) is 1. The highest BCUT2D eigenvalue weighted by Crippen LogP contribution is 2.21. The summed E-state index contributed by atoms with van der Waals surface area (Å²) in [5.74, 6) is 2.53. The molecule has 0 amide bonds. The summed E-state index contributed by atoms with van der Waals surface area (Å²) in [6.07, 6.45) is 2.88. The maximum atomic E-state index is 5.68. The lowest BCUT2D eigenvalue weighted by atomic mass is 10.1. The number of likely N-dealkylation sites (N-methyl/N-ethyl adjacent to an activating group) is 1. The van der Waals surface area contributed by atoms with Crippen molar-refractivity contribution in [2.45, 2.75) is 33.2 Å². The molecule has 1 aromatic heterocycles. The van der Waals surface area contributed by atoms with E-state index in [1.807, 2.05) is 12.1 Å². The molecule has 2 atom stereocenters. The van der Waals surface area contributed by atoms with E-state index in [4.69, 9.17) is 14.1 Å². The Balaban J connectivity index is 0.00000338. The molecule has 7 heteroatoms. The van der Waals surface area contributed by atoms with Crippen molar-refractivity contribution in [3.05, 3.63) is 24.2 Å². The summed E-state index contributed by atoms with van der Waals surface area (Å²) >= 11 is 0. The quantitative estimate of drug-likeness (QED) is 0.336. The van der Waals surface area contributed by atoms with Gasteiger partial charge in [-0.1, -0.05) is 13.8 Å². The van der Waals surface area contributed by atoms with Crippen LogP contribution in [0, 0.1) is 5.92 Å². The largest absolute Gasteiger partial charge is 0.468 e. The van der Waals surface area contributed by atoms with Gasteiger partial charge in [-0.3, -0.25) is 9.89 Å². The van der Waals surface area contributed by atoms with E-state index in [9.17, 15) is 0 Å². The third-order valence-corrected chi connectivity index (χ3v) is 4.79. The van der Waals surface area contributed by atoms with Crippen LogP contribution in [-0.4, -0.2) is 68.7 Å². The first kappa shape index (κ1) is 23.2. The van der Waals surface area contributed by atoms with E-state index in [1.54, 1.807) is 6.26 Å². The maximum Gasteiger partial charge on any atom is 0.193 e. The molecule has 1 aliphatic rings. The number of guanidine groups is 1. The fourth-order valence-corrected chi connectivity index (χ4v) is 3.37. The zero-order valence-electron chi connectivity index (χ0n) is 16.6. The van der Waals surface area contributed by atoms with E-state index in [0.717, 1.165) is 57.5 Å². The minimum atomic E-state index is 0. The number of halogens is 1. The van der Waals surface area contributed by atoms with E-state index >= 15 is 0 Å². The first-order chi connectivity index (χ1) is 12.2. The van der Waals surface area contributed by atoms with Gasteiger partial charge in [-0.25, -0.2) is 0 Å². The van der Waals surface area contributed by atoms with Crippen LogP contribution in [0.4, 0.5) is 0 Å². The van der Waals surface area contributed by atoms with Gasteiger partial charge in [0.1, 0.15) is 5.76 Å². The SMILES string of the molecule is CCNC(=NCC(c1ccco1)N(CC)CC)N(C)CC1CCOC1.I. The lowest BCUT2D eigenvalue weighted by Crippen LogP contribution is -2.42. The van der Waals surface area contributed by atoms with Crippen LogP contribution in [0.1, 0.15) is 39.0 Å². The smallest absolute Gasteiger partial charge is 0.193 e. The minimum absolute atomic E-state index is 0. The fraction of sp³-hybridized carbons (Fsp3) is 0.737. The molecule has 0 bridgehead atoms. The average molecular weight is 478 g/mol. The number of nitrogens with zero attached hydrogens (tertiary/aromatic N) is 3. The topological polar surface area (TPSA) is 53.2 Å². The molecular weight excluding hydrogens is 443 g/mol. The molecule has 0 aromatic carbocycles. The summed E-state index contributed by atoms with van der Waals surface area (Å²) in [5, 5.41) is 3.42. The molecule has 2 heterocycles. The predicted molar refractivity (Wildman–Crippen MR) is 117 cm³/mol. The van der Waals surface area contributed by atoms with Crippen LogP contribution < -0.4 is 5.32 Å². The van der Waals surface area contributed by atoms with Gasteiger partial charge in [0.25, 0.3) is 0 Å². The number of ether oxygens (including phenoxy) is 1. The zero-order valence-corrected chi connectivity index (χ0v) is 18.9. The van der Waals surface area contributed by atoms with Gasteiger partial charge in [-0.15, -0.1) is 24.0 Å². The lowest BCUT2D eigenvalue weighted by Gasteiger charge is -2.28. The Kier molecular flexibility index (Phi) is 11.2. The highest BCUT2D eigenvalue weighted by Gasteiger charge is 2.22. The second-order valence-corrected chi connectivity index (χ2v) is 6.56. The van der Waals surface area contributed by atoms with Gasteiger partial charge in [0.2, 0.25) is 0 Å². The van der Waals surface area contributed by atoms with Crippen LogP contribution in [0.5, 0.6) is 0 Å². The Morgan fingerprint density at radius 1 is 1.35 bits per heavy atom. The minimum Gasteiger partial charge on any atom is -0.468 e. The van der Waals surface area contributed by atoms with Gasteiger partial charge < -0.3 is 19.4 Å². The van der Waals surface area contributed by atoms with Crippen molar-refractivity contribution in [3.8, 4) is 0 Å². The molecule has 0 radical (unpaired) electrons. The monoisotopic (exact) mass is 478 g/mol. The van der Waals surface area contributed by atoms with Crippen LogP contribution in [0.25, 0.3) is 0 Å².